The normalized spacial score (nSPS) is 32.3. The second kappa shape index (κ2) is 4.96. The van der Waals surface area contributed by atoms with E-state index in [1.165, 1.54) is 24.9 Å². The Morgan fingerprint density at radius 1 is 1.29 bits per heavy atom. The summed E-state index contributed by atoms with van der Waals surface area (Å²) in [7, 11) is 0. The van der Waals surface area contributed by atoms with E-state index in [0.717, 1.165) is 38.0 Å². The Morgan fingerprint density at radius 3 is 3.05 bits per heavy atom. The molecule has 3 nitrogen and oxygen atoms in total. The number of hydrogen-bond acceptors (Lipinski definition) is 3. The summed E-state index contributed by atoms with van der Waals surface area (Å²) in [4.78, 5) is 5.05. The predicted molar refractivity (Wildman–Crippen MR) is 83.1 cm³/mol. The predicted octanol–water partition coefficient (Wildman–Crippen LogP) is 2.14. The fourth-order valence-electron chi connectivity index (χ4n) is 4.70. The van der Waals surface area contributed by atoms with Crippen LogP contribution < -0.4 is 10.6 Å². The van der Waals surface area contributed by atoms with Gasteiger partial charge in [0.1, 0.15) is 5.82 Å². The van der Waals surface area contributed by atoms with Crippen molar-refractivity contribution < 1.29 is 4.39 Å². The van der Waals surface area contributed by atoms with Gasteiger partial charge < -0.3 is 15.5 Å². The highest BCUT2D eigenvalue weighted by molar-refractivity contribution is 5.60. The molecule has 0 bridgehead atoms. The van der Waals surface area contributed by atoms with E-state index in [0.29, 0.717) is 12.6 Å². The molecule has 0 aliphatic carbocycles. The Morgan fingerprint density at radius 2 is 2.19 bits per heavy atom. The van der Waals surface area contributed by atoms with Crippen LogP contribution in [-0.4, -0.2) is 42.7 Å². The summed E-state index contributed by atoms with van der Waals surface area (Å²) in [5.74, 6) is -0.133. The number of fused-ring (bicyclic) bond motifs is 2. The second-order valence-corrected chi connectivity index (χ2v) is 6.89. The van der Waals surface area contributed by atoms with Gasteiger partial charge in [-0.2, -0.15) is 0 Å². The zero-order valence-corrected chi connectivity index (χ0v) is 12.5. The first-order valence-corrected chi connectivity index (χ1v) is 8.22. The van der Waals surface area contributed by atoms with Gasteiger partial charge in [0, 0.05) is 31.4 Å². The molecule has 0 spiro atoms. The van der Waals surface area contributed by atoms with Crippen LogP contribution in [0.25, 0.3) is 0 Å². The number of benzene rings is 1. The van der Waals surface area contributed by atoms with E-state index < -0.39 is 0 Å². The molecule has 1 aromatic carbocycles. The van der Waals surface area contributed by atoms with Crippen molar-refractivity contribution in [3.63, 3.8) is 0 Å². The first kappa shape index (κ1) is 13.5. The Bertz CT molecular complexity index is 547. The van der Waals surface area contributed by atoms with E-state index in [1.54, 1.807) is 12.1 Å². The summed E-state index contributed by atoms with van der Waals surface area (Å²) in [6.07, 6.45) is 5.88. The van der Waals surface area contributed by atoms with Crippen LogP contribution in [0.2, 0.25) is 0 Å². The summed E-state index contributed by atoms with van der Waals surface area (Å²) in [5, 5.41) is 0. The molecule has 0 aromatic heterocycles. The highest BCUT2D eigenvalue weighted by Crippen LogP contribution is 2.42. The van der Waals surface area contributed by atoms with E-state index in [4.69, 9.17) is 5.73 Å². The van der Waals surface area contributed by atoms with Crippen molar-refractivity contribution in [2.24, 2.45) is 5.73 Å². The first-order chi connectivity index (χ1) is 10.2. The maximum Gasteiger partial charge on any atom is 0.125 e. The molecule has 2 N–H and O–H groups in total. The zero-order chi connectivity index (χ0) is 14.4. The van der Waals surface area contributed by atoms with Gasteiger partial charge >= 0.3 is 0 Å². The Hall–Kier alpha value is -1.13. The van der Waals surface area contributed by atoms with Crippen molar-refractivity contribution in [3.8, 4) is 0 Å². The van der Waals surface area contributed by atoms with Crippen molar-refractivity contribution in [3.05, 3.63) is 29.6 Å². The van der Waals surface area contributed by atoms with Crippen LogP contribution in [0.1, 0.15) is 31.2 Å². The van der Waals surface area contributed by atoms with E-state index in [1.807, 2.05) is 6.07 Å². The number of nitrogens with two attached hydrogens (primary N) is 1. The number of halogens is 1. The van der Waals surface area contributed by atoms with Crippen molar-refractivity contribution >= 4 is 5.69 Å². The fraction of sp³-hybridized carbons (Fsp3) is 0.647. The minimum atomic E-state index is -0.133. The lowest BCUT2D eigenvalue weighted by atomic mass is 9.81. The quantitative estimate of drug-likeness (QED) is 0.905. The fourth-order valence-corrected chi connectivity index (χ4v) is 4.70. The molecule has 0 radical (unpaired) electrons. The number of piperidine rings is 1. The first-order valence-electron chi connectivity index (χ1n) is 8.22. The van der Waals surface area contributed by atoms with Gasteiger partial charge in [0.25, 0.3) is 0 Å². The van der Waals surface area contributed by atoms with Crippen LogP contribution >= 0.6 is 0 Å². The van der Waals surface area contributed by atoms with E-state index >= 15 is 0 Å². The molecular weight excluding hydrogens is 265 g/mol. The Balaban J connectivity index is 1.67. The van der Waals surface area contributed by atoms with Crippen LogP contribution in [0, 0.1) is 5.82 Å². The van der Waals surface area contributed by atoms with Gasteiger partial charge in [0.2, 0.25) is 0 Å². The third kappa shape index (κ3) is 2.08. The Labute approximate surface area is 125 Å². The smallest absolute Gasteiger partial charge is 0.125 e. The molecule has 0 amide bonds. The number of hydrogen-bond donors (Lipinski definition) is 1. The van der Waals surface area contributed by atoms with Crippen molar-refractivity contribution in [1.82, 2.24) is 4.90 Å². The third-order valence-electron chi connectivity index (χ3n) is 5.87. The minimum Gasteiger partial charge on any atom is -0.364 e. The molecule has 3 aliphatic rings. The van der Waals surface area contributed by atoms with Gasteiger partial charge in [-0.15, -0.1) is 0 Å². The number of rotatable bonds is 2. The van der Waals surface area contributed by atoms with Crippen LogP contribution in [0.3, 0.4) is 0 Å². The van der Waals surface area contributed by atoms with Crippen LogP contribution in [0.4, 0.5) is 10.1 Å². The highest BCUT2D eigenvalue weighted by atomic mass is 19.1. The average Bonchev–Trinajstić information content (AvgIpc) is 3.12. The van der Waals surface area contributed by atoms with Gasteiger partial charge in [-0.1, -0.05) is 6.07 Å². The van der Waals surface area contributed by atoms with Gasteiger partial charge in [-0.05, 0) is 56.3 Å². The van der Waals surface area contributed by atoms with Crippen molar-refractivity contribution in [2.75, 3.05) is 31.1 Å². The molecule has 4 heteroatoms. The monoisotopic (exact) mass is 289 g/mol. The lowest BCUT2D eigenvalue weighted by molar-refractivity contribution is 0.129. The maximum atomic E-state index is 13.7. The third-order valence-corrected chi connectivity index (χ3v) is 5.87. The summed E-state index contributed by atoms with van der Waals surface area (Å²) in [6, 6.07) is 5.91. The van der Waals surface area contributed by atoms with Crippen LogP contribution in [-0.2, 0) is 6.42 Å². The summed E-state index contributed by atoms with van der Waals surface area (Å²) in [6.45, 7) is 4.05. The van der Waals surface area contributed by atoms with E-state index in [9.17, 15) is 4.39 Å². The lowest BCUT2D eigenvalue weighted by Crippen LogP contribution is -2.61. The second-order valence-electron chi connectivity index (χ2n) is 6.89. The number of nitrogens with zero attached hydrogens (tertiary/aromatic N) is 2. The van der Waals surface area contributed by atoms with Crippen LogP contribution in [0.5, 0.6) is 0 Å². The van der Waals surface area contributed by atoms with E-state index in [2.05, 4.69) is 9.80 Å². The van der Waals surface area contributed by atoms with E-state index in [-0.39, 0.29) is 11.4 Å². The van der Waals surface area contributed by atoms with Gasteiger partial charge in [-0.25, -0.2) is 4.39 Å². The summed E-state index contributed by atoms with van der Waals surface area (Å²) < 4.78 is 13.7. The molecule has 1 aromatic rings. The lowest BCUT2D eigenvalue weighted by Gasteiger charge is -2.50. The molecule has 2 atom stereocenters. The molecule has 21 heavy (non-hydrogen) atoms. The molecule has 4 rings (SSSR count). The van der Waals surface area contributed by atoms with Gasteiger partial charge in [0.05, 0.1) is 5.54 Å². The minimum absolute atomic E-state index is 0.0323. The zero-order valence-electron chi connectivity index (χ0n) is 12.5. The number of anilines is 1. The van der Waals surface area contributed by atoms with Crippen LogP contribution in [0.15, 0.2) is 18.2 Å². The van der Waals surface area contributed by atoms with Gasteiger partial charge in [-0.3, -0.25) is 0 Å². The molecule has 2 unspecified atom stereocenters. The molecular formula is C17H24FN3. The average molecular weight is 289 g/mol. The van der Waals surface area contributed by atoms with Crippen molar-refractivity contribution in [1.29, 1.82) is 0 Å². The molecule has 0 saturated carbocycles. The molecule has 3 heterocycles. The standard InChI is InChI=1S/C17H24FN3/c18-14-4-3-13-5-8-21(16(13)10-14)17(12-19)6-9-20-7-1-2-15(20)11-17/h3-4,10,15H,1-2,5-9,11-12,19H2. The Kier molecular flexibility index (Phi) is 3.19. The molecule has 3 aliphatic heterocycles. The molecule has 2 saturated heterocycles. The topological polar surface area (TPSA) is 32.5 Å². The SMILES string of the molecule is NCC1(N2CCc3ccc(F)cc32)CCN2CCCC2C1. The summed E-state index contributed by atoms with van der Waals surface area (Å²) >= 11 is 0. The molecule has 114 valence electrons. The highest BCUT2D eigenvalue weighted by Gasteiger charge is 2.46. The summed E-state index contributed by atoms with van der Waals surface area (Å²) in [5.41, 5.74) is 8.64. The largest absolute Gasteiger partial charge is 0.364 e. The van der Waals surface area contributed by atoms with Crippen molar-refractivity contribution in [2.45, 2.75) is 43.7 Å². The van der Waals surface area contributed by atoms with Gasteiger partial charge in [0.15, 0.2) is 0 Å². The maximum absolute atomic E-state index is 13.7. The molecule has 2 fully saturated rings.